The van der Waals surface area contributed by atoms with Crippen LogP contribution >= 0.6 is 0 Å². The van der Waals surface area contributed by atoms with Gasteiger partial charge in [0.1, 0.15) is 6.04 Å². The van der Waals surface area contributed by atoms with E-state index in [-0.39, 0.29) is 29.8 Å². The smallest absolute Gasteiger partial charge is 0.246 e. The van der Waals surface area contributed by atoms with Gasteiger partial charge in [-0.05, 0) is 17.8 Å². The molecule has 1 heterocycles. The number of carbonyl (C=O) groups excluding carboxylic acids is 2. The largest absolute Gasteiger partial charge is 0.342 e. The maximum Gasteiger partial charge on any atom is 0.246 e. The maximum atomic E-state index is 12.4. The highest BCUT2D eigenvalue weighted by molar-refractivity contribution is 5.95. The number of hydrogen-bond acceptors (Lipinski definition) is 2. The minimum Gasteiger partial charge on any atom is -0.342 e. The SMILES string of the molecule is CC(C)(C)C1NC(=O)CN(CCC2CCCC2)C1=O. The summed E-state index contributed by atoms with van der Waals surface area (Å²) in [5, 5.41) is 2.83. The monoisotopic (exact) mass is 266 g/mol. The molecule has 2 aliphatic rings. The van der Waals surface area contributed by atoms with Crippen LogP contribution in [-0.4, -0.2) is 35.8 Å². The molecule has 1 aliphatic heterocycles. The van der Waals surface area contributed by atoms with Crippen molar-refractivity contribution in [2.75, 3.05) is 13.1 Å². The van der Waals surface area contributed by atoms with Crippen molar-refractivity contribution in [3.63, 3.8) is 0 Å². The first-order valence-electron chi connectivity index (χ1n) is 7.46. The molecule has 1 saturated carbocycles. The number of piperazine rings is 1. The Hall–Kier alpha value is -1.06. The molecule has 1 atom stereocenters. The van der Waals surface area contributed by atoms with E-state index >= 15 is 0 Å². The third-order valence-electron chi connectivity index (χ3n) is 4.35. The Labute approximate surface area is 115 Å². The van der Waals surface area contributed by atoms with Gasteiger partial charge in [-0.2, -0.15) is 0 Å². The van der Waals surface area contributed by atoms with E-state index in [4.69, 9.17) is 0 Å². The summed E-state index contributed by atoms with van der Waals surface area (Å²) in [5.41, 5.74) is -0.223. The van der Waals surface area contributed by atoms with Gasteiger partial charge in [-0.1, -0.05) is 46.5 Å². The van der Waals surface area contributed by atoms with Gasteiger partial charge in [0, 0.05) is 6.54 Å². The molecular weight excluding hydrogens is 240 g/mol. The molecule has 2 amide bonds. The van der Waals surface area contributed by atoms with Crippen LogP contribution in [0.25, 0.3) is 0 Å². The van der Waals surface area contributed by atoms with Crippen molar-refractivity contribution in [3.8, 4) is 0 Å². The number of hydrogen-bond donors (Lipinski definition) is 1. The maximum absolute atomic E-state index is 12.4. The lowest BCUT2D eigenvalue weighted by Crippen LogP contribution is -2.62. The van der Waals surface area contributed by atoms with Crippen LogP contribution in [0.3, 0.4) is 0 Å². The predicted molar refractivity (Wildman–Crippen MR) is 74.5 cm³/mol. The van der Waals surface area contributed by atoms with Gasteiger partial charge in [0.15, 0.2) is 0 Å². The zero-order chi connectivity index (χ0) is 14.0. The number of rotatable bonds is 3. The Kier molecular flexibility index (Phi) is 4.16. The second-order valence-corrected chi connectivity index (χ2v) is 7.07. The van der Waals surface area contributed by atoms with Gasteiger partial charge in [0.05, 0.1) is 6.54 Å². The van der Waals surface area contributed by atoms with E-state index in [1.54, 1.807) is 4.90 Å². The third kappa shape index (κ3) is 3.48. The van der Waals surface area contributed by atoms with Gasteiger partial charge in [-0.3, -0.25) is 9.59 Å². The van der Waals surface area contributed by atoms with Crippen LogP contribution in [0.1, 0.15) is 52.9 Å². The molecule has 19 heavy (non-hydrogen) atoms. The number of carbonyl (C=O) groups is 2. The molecule has 1 saturated heterocycles. The van der Waals surface area contributed by atoms with Crippen LogP contribution in [-0.2, 0) is 9.59 Å². The zero-order valence-corrected chi connectivity index (χ0v) is 12.4. The summed E-state index contributed by atoms with van der Waals surface area (Å²) >= 11 is 0. The molecule has 4 heteroatoms. The van der Waals surface area contributed by atoms with Crippen LogP contribution in [0.15, 0.2) is 0 Å². The summed E-state index contributed by atoms with van der Waals surface area (Å²) in [4.78, 5) is 26.0. The third-order valence-corrected chi connectivity index (χ3v) is 4.35. The Morgan fingerprint density at radius 3 is 2.42 bits per heavy atom. The minimum absolute atomic E-state index is 0.0223. The minimum atomic E-state index is -0.377. The molecule has 0 radical (unpaired) electrons. The van der Waals surface area contributed by atoms with Crippen molar-refractivity contribution >= 4 is 11.8 Å². The summed E-state index contributed by atoms with van der Waals surface area (Å²) in [6.45, 7) is 6.96. The number of nitrogens with one attached hydrogen (secondary N) is 1. The highest BCUT2D eigenvalue weighted by Crippen LogP contribution is 2.28. The van der Waals surface area contributed by atoms with Gasteiger partial charge >= 0.3 is 0 Å². The van der Waals surface area contributed by atoms with Crippen LogP contribution in [0, 0.1) is 11.3 Å². The lowest BCUT2D eigenvalue weighted by molar-refractivity contribution is -0.147. The molecule has 0 bridgehead atoms. The molecular formula is C15H26N2O2. The fourth-order valence-electron chi connectivity index (χ4n) is 3.12. The quantitative estimate of drug-likeness (QED) is 0.848. The van der Waals surface area contributed by atoms with Crippen molar-refractivity contribution in [1.82, 2.24) is 10.2 Å². The normalized spacial score (nSPS) is 25.8. The topological polar surface area (TPSA) is 49.4 Å². The molecule has 2 rings (SSSR count). The summed E-state index contributed by atoms with van der Waals surface area (Å²) in [7, 11) is 0. The Bertz CT molecular complexity index is 354. The standard InChI is InChI=1S/C15H26N2O2/c1-15(2,3)13-14(19)17(10-12(18)16-13)9-8-11-6-4-5-7-11/h11,13H,4-10H2,1-3H3,(H,16,18). The van der Waals surface area contributed by atoms with E-state index in [9.17, 15) is 9.59 Å². The van der Waals surface area contributed by atoms with Gasteiger partial charge < -0.3 is 10.2 Å². The summed E-state index contributed by atoms with van der Waals surface area (Å²) < 4.78 is 0. The van der Waals surface area contributed by atoms with Crippen LogP contribution < -0.4 is 5.32 Å². The fourth-order valence-corrected chi connectivity index (χ4v) is 3.12. The van der Waals surface area contributed by atoms with Gasteiger partial charge in [-0.15, -0.1) is 0 Å². The van der Waals surface area contributed by atoms with E-state index < -0.39 is 0 Å². The Morgan fingerprint density at radius 2 is 1.84 bits per heavy atom. The summed E-state index contributed by atoms with van der Waals surface area (Å²) in [6.07, 6.45) is 6.27. The van der Waals surface area contributed by atoms with Crippen molar-refractivity contribution in [1.29, 1.82) is 0 Å². The molecule has 0 aromatic rings. The number of amides is 2. The Balaban J connectivity index is 1.95. The van der Waals surface area contributed by atoms with E-state index in [0.29, 0.717) is 0 Å². The van der Waals surface area contributed by atoms with Crippen LogP contribution in [0.5, 0.6) is 0 Å². The summed E-state index contributed by atoms with van der Waals surface area (Å²) in [6, 6.07) is -0.377. The molecule has 0 aromatic heterocycles. The molecule has 1 aliphatic carbocycles. The molecule has 1 N–H and O–H groups in total. The van der Waals surface area contributed by atoms with Crippen molar-refractivity contribution in [3.05, 3.63) is 0 Å². The van der Waals surface area contributed by atoms with Gasteiger partial charge in [0.25, 0.3) is 0 Å². The van der Waals surface area contributed by atoms with Crippen LogP contribution in [0.4, 0.5) is 0 Å². The molecule has 0 spiro atoms. The predicted octanol–water partition coefficient (Wildman–Crippen LogP) is 1.94. The first kappa shape index (κ1) is 14.4. The summed E-state index contributed by atoms with van der Waals surface area (Å²) in [5.74, 6) is 0.821. The second-order valence-electron chi connectivity index (χ2n) is 7.07. The first-order chi connectivity index (χ1) is 8.88. The zero-order valence-electron chi connectivity index (χ0n) is 12.4. The van der Waals surface area contributed by atoms with E-state index in [1.807, 2.05) is 20.8 Å². The first-order valence-corrected chi connectivity index (χ1v) is 7.46. The lowest BCUT2D eigenvalue weighted by atomic mass is 9.84. The van der Waals surface area contributed by atoms with E-state index in [0.717, 1.165) is 18.9 Å². The van der Waals surface area contributed by atoms with Crippen LogP contribution in [0.2, 0.25) is 0 Å². The molecule has 1 unspecified atom stereocenters. The van der Waals surface area contributed by atoms with E-state index in [2.05, 4.69) is 5.32 Å². The average Bonchev–Trinajstić information content (AvgIpc) is 2.81. The Morgan fingerprint density at radius 1 is 1.21 bits per heavy atom. The van der Waals surface area contributed by atoms with Crippen molar-refractivity contribution in [2.24, 2.45) is 11.3 Å². The highest BCUT2D eigenvalue weighted by Gasteiger charge is 2.39. The molecule has 108 valence electrons. The lowest BCUT2D eigenvalue weighted by Gasteiger charge is -2.39. The van der Waals surface area contributed by atoms with E-state index in [1.165, 1.54) is 25.7 Å². The molecule has 0 aromatic carbocycles. The fraction of sp³-hybridized carbons (Fsp3) is 0.867. The van der Waals surface area contributed by atoms with Gasteiger partial charge in [-0.25, -0.2) is 0 Å². The average molecular weight is 266 g/mol. The van der Waals surface area contributed by atoms with Gasteiger partial charge in [0.2, 0.25) is 11.8 Å². The highest BCUT2D eigenvalue weighted by atomic mass is 16.2. The molecule has 4 nitrogen and oxygen atoms in total. The molecule has 2 fully saturated rings. The number of nitrogens with zero attached hydrogens (tertiary/aromatic N) is 1. The van der Waals surface area contributed by atoms with Crippen molar-refractivity contribution in [2.45, 2.75) is 58.9 Å². The van der Waals surface area contributed by atoms with Crippen molar-refractivity contribution < 1.29 is 9.59 Å². The second kappa shape index (κ2) is 5.51.